The lowest BCUT2D eigenvalue weighted by molar-refractivity contribution is -0.119. The minimum atomic E-state index is -0.674. The van der Waals surface area contributed by atoms with Gasteiger partial charge in [-0.2, -0.15) is 0 Å². The summed E-state index contributed by atoms with van der Waals surface area (Å²) in [4.78, 5) is 26.7. The molecule has 3 aromatic rings. The van der Waals surface area contributed by atoms with Gasteiger partial charge in [0.1, 0.15) is 11.9 Å². The largest absolute Gasteiger partial charge is 0.442 e. The number of nitrogens with zero attached hydrogens (tertiary/aromatic N) is 2. The maximum atomic E-state index is 15.0. The third kappa shape index (κ3) is 6.27. The number of rotatable bonds is 9. The van der Waals surface area contributed by atoms with Crippen LogP contribution in [0.5, 0.6) is 0 Å². The number of ether oxygens (including phenoxy) is 1. The van der Waals surface area contributed by atoms with Gasteiger partial charge in [-0.15, -0.1) is 0 Å². The standard InChI is InChI=1S/C28H30FN3O4/c1-19(33)30-15-24-17-32(28(35)36-24)23-12-13-25(26(29)14-23)21-8-10-22(11-9-21)27(34)18-31(2)16-20-6-4-3-5-7-20/h3-14,24,27,34H,15-18H2,1-2H3,(H,30,33)/t24-,27+/m0/s1. The highest BCUT2D eigenvalue weighted by Gasteiger charge is 2.32. The molecule has 1 aliphatic heterocycles. The van der Waals surface area contributed by atoms with E-state index in [1.165, 1.54) is 23.5 Å². The van der Waals surface area contributed by atoms with Crippen LogP contribution in [0.1, 0.15) is 24.2 Å². The molecule has 8 heteroatoms. The highest BCUT2D eigenvalue weighted by atomic mass is 19.1. The zero-order valence-electron chi connectivity index (χ0n) is 20.4. The van der Waals surface area contributed by atoms with Crippen molar-refractivity contribution < 1.29 is 23.8 Å². The number of benzene rings is 3. The second kappa shape index (κ2) is 11.3. The average molecular weight is 492 g/mol. The van der Waals surface area contributed by atoms with Crippen molar-refractivity contribution in [3.63, 3.8) is 0 Å². The van der Waals surface area contributed by atoms with Crippen molar-refractivity contribution in [3.05, 3.63) is 89.7 Å². The van der Waals surface area contributed by atoms with Crippen LogP contribution < -0.4 is 10.2 Å². The number of hydrogen-bond donors (Lipinski definition) is 2. The number of halogens is 1. The Bertz CT molecular complexity index is 1200. The Balaban J connectivity index is 1.39. The van der Waals surface area contributed by atoms with Crippen molar-refractivity contribution in [2.45, 2.75) is 25.7 Å². The van der Waals surface area contributed by atoms with Gasteiger partial charge in [0.05, 0.1) is 24.9 Å². The molecule has 1 fully saturated rings. The molecule has 0 aliphatic carbocycles. The molecule has 1 saturated heterocycles. The maximum Gasteiger partial charge on any atom is 0.414 e. The molecule has 0 bridgehead atoms. The summed E-state index contributed by atoms with van der Waals surface area (Å²) in [5.41, 5.74) is 3.37. The van der Waals surface area contributed by atoms with Gasteiger partial charge in [-0.05, 0) is 41.9 Å². The van der Waals surface area contributed by atoms with Crippen LogP contribution in [0.3, 0.4) is 0 Å². The van der Waals surface area contributed by atoms with Gasteiger partial charge in [0.15, 0.2) is 0 Å². The van der Waals surface area contributed by atoms with Gasteiger partial charge in [-0.3, -0.25) is 14.6 Å². The van der Waals surface area contributed by atoms with E-state index < -0.39 is 24.1 Å². The fourth-order valence-electron chi connectivity index (χ4n) is 4.25. The summed E-state index contributed by atoms with van der Waals surface area (Å²) in [5, 5.41) is 13.3. The van der Waals surface area contributed by atoms with E-state index >= 15 is 4.39 Å². The van der Waals surface area contributed by atoms with Crippen LogP contribution in [0, 0.1) is 5.82 Å². The number of nitrogens with one attached hydrogen (secondary N) is 1. The Hall–Kier alpha value is -3.75. The van der Waals surface area contributed by atoms with Crippen LogP contribution >= 0.6 is 0 Å². The summed E-state index contributed by atoms with van der Waals surface area (Å²) in [5.74, 6) is -0.681. The van der Waals surface area contributed by atoms with Crippen LogP contribution in [-0.4, -0.2) is 54.8 Å². The topological polar surface area (TPSA) is 82.1 Å². The number of cyclic esters (lactones) is 1. The molecular weight excluding hydrogens is 461 g/mol. The van der Waals surface area contributed by atoms with Crippen molar-refractivity contribution in [2.24, 2.45) is 0 Å². The number of likely N-dealkylation sites (N-methyl/N-ethyl adjacent to an activating group) is 1. The molecule has 2 atom stereocenters. The third-order valence-corrected chi connectivity index (χ3v) is 6.10. The van der Waals surface area contributed by atoms with Gasteiger partial charge in [-0.1, -0.05) is 54.6 Å². The molecule has 3 aromatic carbocycles. The molecule has 4 rings (SSSR count). The summed E-state index contributed by atoms with van der Waals surface area (Å²) in [6.07, 6.45) is -1.74. The first-order valence-corrected chi connectivity index (χ1v) is 11.8. The summed E-state index contributed by atoms with van der Waals surface area (Å²) >= 11 is 0. The molecule has 0 spiro atoms. The molecule has 1 heterocycles. The summed E-state index contributed by atoms with van der Waals surface area (Å²) in [7, 11) is 1.96. The van der Waals surface area contributed by atoms with Crippen molar-refractivity contribution >= 4 is 17.7 Å². The number of anilines is 1. The van der Waals surface area contributed by atoms with E-state index in [2.05, 4.69) is 10.2 Å². The highest BCUT2D eigenvalue weighted by Crippen LogP contribution is 2.30. The molecule has 7 nitrogen and oxygen atoms in total. The zero-order valence-corrected chi connectivity index (χ0v) is 20.4. The van der Waals surface area contributed by atoms with Gasteiger partial charge >= 0.3 is 6.09 Å². The lowest BCUT2D eigenvalue weighted by Gasteiger charge is -2.21. The third-order valence-electron chi connectivity index (χ3n) is 6.10. The first kappa shape index (κ1) is 25.3. The molecule has 0 unspecified atom stereocenters. The Kier molecular flexibility index (Phi) is 7.97. The fraction of sp³-hybridized carbons (Fsp3) is 0.286. The molecule has 0 aromatic heterocycles. The molecular formula is C28H30FN3O4. The van der Waals surface area contributed by atoms with Crippen LogP contribution in [-0.2, 0) is 16.1 Å². The highest BCUT2D eigenvalue weighted by molar-refractivity contribution is 5.90. The normalized spacial score (nSPS) is 16.2. The Morgan fingerprint density at radius 1 is 1.17 bits per heavy atom. The van der Waals surface area contributed by atoms with E-state index in [1.54, 1.807) is 36.4 Å². The zero-order chi connectivity index (χ0) is 25.7. The Morgan fingerprint density at radius 2 is 1.89 bits per heavy atom. The van der Waals surface area contributed by atoms with Crippen LogP contribution in [0.25, 0.3) is 11.1 Å². The maximum absolute atomic E-state index is 15.0. The van der Waals surface area contributed by atoms with Gasteiger partial charge in [0, 0.05) is 25.6 Å². The minimum Gasteiger partial charge on any atom is -0.442 e. The van der Waals surface area contributed by atoms with Crippen molar-refractivity contribution in [3.8, 4) is 11.1 Å². The second-order valence-corrected chi connectivity index (χ2v) is 9.04. The van der Waals surface area contributed by atoms with E-state index in [0.29, 0.717) is 23.4 Å². The molecule has 188 valence electrons. The molecule has 2 amide bonds. The van der Waals surface area contributed by atoms with E-state index in [-0.39, 0.29) is 19.0 Å². The van der Waals surface area contributed by atoms with Crippen LogP contribution in [0.15, 0.2) is 72.8 Å². The molecule has 36 heavy (non-hydrogen) atoms. The monoisotopic (exact) mass is 491 g/mol. The summed E-state index contributed by atoms with van der Waals surface area (Å²) < 4.78 is 20.3. The average Bonchev–Trinajstić information content (AvgIpc) is 3.23. The quantitative estimate of drug-likeness (QED) is 0.471. The van der Waals surface area contributed by atoms with Gasteiger partial charge < -0.3 is 15.2 Å². The van der Waals surface area contributed by atoms with Gasteiger partial charge in [0.2, 0.25) is 5.91 Å². The van der Waals surface area contributed by atoms with Crippen LogP contribution in [0.2, 0.25) is 0 Å². The van der Waals surface area contributed by atoms with Crippen LogP contribution in [0.4, 0.5) is 14.9 Å². The van der Waals surface area contributed by atoms with E-state index in [9.17, 15) is 14.7 Å². The lowest BCUT2D eigenvalue weighted by Crippen LogP contribution is -2.33. The number of aliphatic hydroxyl groups is 1. The first-order valence-electron chi connectivity index (χ1n) is 11.8. The number of carbonyl (C=O) groups is 2. The van der Waals surface area contributed by atoms with Gasteiger partial charge in [0.25, 0.3) is 0 Å². The smallest absolute Gasteiger partial charge is 0.414 e. The van der Waals surface area contributed by atoms with E-state index in [1.807, 2.05) is 37.4 Å². The molecule has 1 aliphatic rings. The predicted octanol–water partition coefficient (Wildman–Crippen LogP) is 4.12. The fourth-order valence-corrected chi connectivity index (χ4v) is 4.25. The predicted molar refractivity (Wildman–Crippen MR) is 136 cm³/mol. The van der Waals surface area contributed by atoms with Crippen molar-refractivity contribution in [1.82, 2.24) is 10.2 Å². The lowest BCUT2D eigenvalue weighted by atomic mass is 10.0. The van der Waals surface area contributed by atoms with Crippen molar-refractivity contribution in [2.75, 3.05) is 31.6 Å². The summed E-state index contributed by atoms with van der Waals surface area (Å²) in [6.45, 7) is 3.01. The molecule has 0 saturated carbocycles. The minimum absolute atomic E-state index is 0.207. The van der Waals surface area contributed by atoms with E-state index in [0.717, 1.165) is 12.1 Å². The molecule has 0 radical (unpaired) electrons. The summed E-state index contributed by atoms with van der Waals surface area (Å²) in [6, 6.07) is 21.8. The number of hydrogen-bond acceptors (Lipinski definition) is 5. The number of carbonyl (C=O) groups excluding carboxylic acids is 2. The van der Waals surface area contributed by atoms with Crippen molar-refractivity contribution in [1.29, 1.82) is 0 Å². The number of amides is 2. The van der Waals surface area contributed by atoms with Gasteiger partial charge in [-0.25, -0.2) is 9.18 Å². The Morgan fingerprint density at radius 3 is 2.56 bits per heavy atom. The first-order chi connectivity index (χ1) is 17.3. The second-order valence-electron chi connectivity index (χ2n) is 9.04. The number of aliphatic hydroxyl groups excluding tert-OH is 1. The SMILES string of the molecule is CC(=O)NC[C@H]1CN(c2ccc(-c3ccc([C@H](O)CN(C)Cc4ccccc4)cc3)c(F)c2)C(=O)O1. The molecule has 2 N–H and O–H groups in total. The Labute approximate surface area is 210 Å². The van der Waals surface area contributed by atoms with E-state index in [4.69, 9.17) is 4.74 Å².